The highest BCUT2D eigenvalue weighted by Gasteiger charge is 2.21. The summed E-state index contributed by atoms with van der Waals surface area (Å²) in [6, 6.07) is 0. The van der Waals surface area contributed by atoms with Crippen molar-refractivity contribution in [3.8, 4) is 0 Å². The zero-order valence-electron chi connectivity index (χ0n) is 12.0. The minimum absolute atomic E-state index is 0.0956. The van der Waals surface area contributed by atoms with Crippen LogP contribution in [0.4, 0.5) is 5.13 Å². The summed E-state index contributed by atoms with van der Waals surface area (Å²) >= 11 is 1.19. The van der Waals surface area contributed by atoms with Gasteiger partial charge in [0.25, 0.3) is 0 Å². The lowest BCUT2D eigenvalue weighted by Crippen LogP contribution is -2.13. The van der Waals surface area contributed by atoms with E-state index in [1.807, 2.05) is 0 Å². The Kier molecular flexibility index (Phi) is 5.05. The third-order valence-electron chi connectivity index (χ3n) is 2.48. The van der Waals surface area contributed by atoms with E-state index in [2.05, 4.69) is 35.8 Å². The molecule has 0 radical (unpaired) electrons. The molecule has 0 fully saturated rings. The van der Waals surface area contributed by atoms with Crippen LogP contribution in [0, 0.1) is 5.41 Å². The Labute approximate surface area is 117 Å². The van der Waals surface area contributed by atoms with Crippen LogP contribution in [-0.2, 0) is 4.74 Å². The van der Waals surface area contributed by atoms with Crippen molar-refractivity contribution in [3.05, 3.63) is 10.6 Å². The molecule has 1 heterocycles. The second-order valence-electron chi connectivity index (χ2n) is 5.48. The topological polar surface area (TPSA) is 68.3 Å². The molecule has 1 aromatic rings. The average Bonchev–Trinajstić information content (AvgIpc) is 2.70. The zero-order chi connectivity index (χ0) is 14.6. The second-order valence-corrected chi connectivity index (χ2v) is 6.48. The van der Waals surface area contributed by atoms with Crippen LogP contribution in [0.15, 0.2) is 0 Å². The number of hydrogen-bond donors (Lipinski definition) is 1. The number of thiazole rings is 1. The molecule has 1 N–H and O–H groups in total. The van der Waals surface area contributed by atoms with Crippen LogP contribution in [0.3, 0.4) is 0 Å². The number of rotatable bonds is 5. The minimum Gasteiger partial charge on any atom is -0.464 e. The van der Waals surface area contributed by atoms with Crippen molar-refractivity contribution in [2.45, 2.75) is 34.1 Å². The Balaban J connectivity index is 2.81. The highest BCUT2D eigenvalue weighted by molar-refractivity contribution is 7.17. The molecule has 0 saturated heterocycles. The van der Waals surface area contributed by atoms with Crippen molar-refractivity contribution in [2.75, 3.05) is 19.0 Å². The maximum Gasteiger partial charge on any atom is 0.358 e. The Morgan fingerprint density at radius 1 is 1.37 bits per heavy atom. The highest BCUT2D eigenvalue weighted by Crippen LogP contribution is 2.25. The highest BCUT2D eigenvalue weighted by atomic mass is 32.1. The van der Waals surface area contributed by atoms with E-state index in [4.69, 9.17) is 0 Å². The Bertz CT molecular complexity index is 475. The lowest BCUT2D eigenvalue weighted by Gasteiger charge is -2.17. The number of aromatic nitrogens is 1. The maximum atomic E-state index is 11.5. The number of carbonyl (C=O) groups excluding carboxylic acids is 2. The Hall–Kier alpha value is -1.43. The molecule has 6 heteroatoms. The fourth-order valence-corrected chi connectivity index (χ4v) is 2.29. The minimum atomic E-state index is -0.578. The van der Waals surface area contributed by atoms with Crippen LogP contribution in [0.25, 0.3) is 0 Å². The first-order valence-corrected chi connectivity index (χ1v) is 6.90. The van der Waals surface area contributed by atoms with E-state index in [-0.39, 0.29) is 16.9 Å². The number of carbonyl (C=O) groups is 2. The molecule has 0 aliphatic heterocycles. The molecule has 0 aromatic carbocycles. The molecule has 1 rings (SSSR count). The first-order valence-electron chi connectivity index (χ1n) is 6.08. The van der Waals surface area contributed by atoms with Gasteiger partial charge >= 0.3 is 5.97 Å². The second kappa shape index (κ2) is 6.14. The fourth-order valence-electron chi connectivity index (χ4n) is 1.41. The van der Waals surface area contributed by atoms with Crippen LogP contribution in [0.1, 0.15) is 54.3 Å². The van der Waals surface area contributed by atoms with Crippen LogP contribution < -0.4 is 5.32 Å². The van der Waals surface area contributed by atoms with Gasteiger partial charge < -0.3 is 10.1 Å². The van der Waals surface area contributed by atoms with E-state index in [1.54, 1.807) is 0 Å². The predicted octanol–water partition coefficient (Wildman–Crippen LogP) is 2.98. The molecule has 0 atom stereocenters. The largest absolute Gasteiger partial charge is 0.464 e. The van der Waals surface area contributed by atoms with Crippen LogP contribution >= 0.6 is 11.3 Å². The number of hydrogen-bond acceptors (Lipinski definition) is 6. The molecule has 0 aliphatic carbocycles. The van der Waals surface area contributed by atoms with Gasteiger partial charge in [-0.25, -0.2) is 9.78 Å². The van der Waals surface area contributed by atoms with E-state index in [0.29, 0.717) is 10.0 Å². The summed E-state index contributed by atoms with van der Waals surface area (Å²) in [6.45, 7) is 8.61. The standard InChI is InChI=1S/C13H20N2O3S/c1-8(16)10-9(11(17)18-5)15-12(19-10)14-7-6-13(2,3)4/h6-7H2,1-5H3,(H,14,15). The van der Waals surface area contributed by atoms with Gasteiger partial charge in [0.15, 0.2) is 16.6 Å². The van der Waals surface area contributed by atoms with Crippen molar-refractivity contribution in [3.63, 3.8) is 0 Å². The number of nitrogens with one attached hydrogen (secondary N) is 1. The van der Waals surface area contributed by atoms with Crippen molar-refractivity contribution in [1.29, 1.82) is 0 Å². The summed E-state index contributed by atoms with van der Waals surface area (Å²) in [5.74, 6) is -0.757. The monoisotopic (exact) mass is 284 g/mol. The van der Waals surface area contributed by atoms with E-state index >= 15 is 0 Å². The van der Waals surface area contributed by atoms with Gasteiger partial charge in [-0.2, -0.15) is 0 Å². The zero-order valence-corrected chi connectivity index (χ0v) is 12.8. The first kappa shape index (κ1) is 15.6. The summed E-state index contributed by atoms with van der Waals surface area (Å²) in [4.78, 5) is 27.5. The van der Waals surface area contributed by atoms with Crippen molar-refractivity contribution in [1.82, 2.24) is 4.98 Å². The van der Waals surface area contributed by atoms with Crippen molar-refractivity contribution >= 4 is 28.2 Å². The fraction of sp³-hybridized carbons (Fsp3) is 0.615. The number of Topliss-reactive ketones (excluding diaryl/α,β-unsaturated/α-hetero) is 1. The summed E-state index contributed by atoms with van der Waals surface area (Å²) in [5, 5.41) is 3.72. The molecule has 106 valence electrons. The van der Waals surface area contributed by atoms with Gasteiger partial charge in [0.2, 0.25) is 0 Å². The first-order chi connectivity index (χ1) is 8.74. The molecule has 0 aliphatic rings. The molecule has 0 bridgehead atoms. The molecule has 0 saturated carbocycles. The lowest BCUT2D eigenvalue weighted by atomic mass is 9.92. The SMILES string of the molecule is COC(=O)c1nc(NCCC(C)(C)C)sc1C(C)=O. The van der Waals surface area contributed by atoms with E-state index in [9.17, 15) is 9.59 Å². The number of ether oxygens (including phenoxy) is 1. The predicted molar refractivity (Wildman–Crippen MR) is 76.0 cm³/mol. The van der Waals surface area contributed by atoms with Gasteiger partial charge in [0, 0.05) is 13.5 Å². The maximum absolute atomic E-state index is 11.5. The van der Waals surface area contributed by atoms with Gasteiger partial charge in [-0.1, -0.05) is 32.1 Å². The number of methoxy groups -OCH3 is 1. The van der Waals surface area contributed by atoms with E-state index in [1.165, 1.54) is 25.4 Å². The number of anilines is 1. The van der Waals surface area contributed by atoms with Crippen molar-refractivity contribution in [2.24, 2.45) is 5.41 Å². The third kappa shape index (κ3) is 4.63. The third-order valence-corrected chi connectivity index (χ3v) is 3.59. The van der Waals surface area contributed by atoms with Gasteiger partial charge in [-0.3, -0.25) is 4.79 Å². The van der Waals surface area contributed by atoms with E-state index < -0.39 is 5.97 Å². The summed E-state index contributed by atoms with van der Waals surface area (Å²) in [5.41, 5.74) is 0.317. The van der Waals surface area contributed by atoms with Gasteiger partial charge in [0.1, 0.15) is 4.88 Å². The molecular formula is C13H20N2O3S. The normalized spacial score (nSPS) is 11.2. The van der Waals surface area contributed by atoms with Gasteiger partial charge in [-0.05, 0) is 11.8 Å². The molecule has 0 unspecified atom stereocenters. The summed E-state index contributed by atoms with van der Waals surface area (Å²) in [7, 11) is 1.28. The van der Waals surface area contributed by atoms with Crippen LogP contribution in [0.2, 0.25) is 0 Å². The molecular weight excluding hydrogens is 264 g/mol. The molecule has 0 spiro atoms. The molecule has 0 amide bonds. The van der Waals surface area contributed by atoms with Crippen LogP contribution in [-0.4, -0.2) is 30.4 Å². The summed E-state index contributed by atoms with van der Waals surface area (Å²) < 4.78 is 4.62. The smallest absolute Gasteiger partial charge is 0.358 e. The summed E-state index contributed by atoms with van der Waals surface area (Å²) in [6.07, 6.45) is 0.968. The molecule has 5 nitrogen and oxygen atoms in total. The quantitative estimate of drug-likeness (QED) is 0.665. The molecule has 1 aromatic heterocycles. The van der Waals surface area contributed by atoms with Gasteiger partial charge in [0.05, 0.1) is 7.11 Å². The number of nitrogens with zero attached hydrogens (tertiary/aromatic N) is 1. The van der Waals surface area contributed by atoms with Crippen molar-refractivity contribution < 1.29 is 14.3 Å². The molecule has 19 heavy (non-hydrogen) atoms. The van der Waals surface area contributed by atoms with Gasteiger partial charge in [-0.15, -0.1) is 0 Å². The lowest BCUT2D eigenvalue weighted by molar-refractivity contribution is 0.0591. The van der Waals surface area contributed by atoms with E-state index in [0.717, 1.165) is 13.0 Å². The average molecular weight is 284 g/mol. The Morgan fingerprint density at radius 3 is 2.47 bits per heavy atom. The number of ketones is 1. The number of esters is 1. The van der Waals surface area contributed by atoms with Crippen LogP contribution in [0.5, 0.6) is 0 Å². The Morgan fingerprint density at radius 2 is 2.00 bits per heavy atom.